The summed E-state index contributed by atoms with van der Waals surface area (Å²) in [7, 11) is 0. The number of aromatic nitrogens is 4. The number of amides is 1. The van der Waals surface area contributed by atoms with E-state index < -0.39 is 0 Å². The van der Waals surface area contributed by atoms with Gasteiger partial charge in [-0.1, -0.05) is 109 Å². The monoisotopic (exact) mass is 637 g/mol. The molecule has 6 aromatic rings. The first kappa shape index (κ1) is 29.0. The first-order valence-electron chi connectivity index (χ1n) is 14.7. The second-order valence-corrected chi connectivity index (χ2v) is 10.8. The fourth-order valence-electron chi connectivity index (χ4n) is 5.73. The summed E-state index contributed by atoms with van der Waals surface area (Å²) < 4.78 is 0. The van der Waals surface area contributed by atoms with Crippen molar-refractivity contribution in [2.24, 2.45) is 0 Å². The van der Waals surface area contributed by atoms with Crippen molar-refractivity contribution in [3.63, 3.8) is 0 Å². The van der Waals surface area contributed by atoms with E-state index in [9.17, 15) is 4.79 Å². The molecule has 3 aromatic heterocycles. The van der Waals surface area contributed by atoms with Crippen LogP contribution in [0.15, 0.2) is 121 Å². The third kappa shape index (κ3) is 5.49. The van der Waals surface area contributed by atoms with E-state index in [1.54, 1.807) is 12.1 Å². The molecule has 2 aliphatic rings. The van der Waals surface area contributed by atoms with Crippen LogP contribution in [-0.2, 0) is 16.5 Å². The number of anilines is 1. The second-order valence-electron chi connectivity index (χ2n) is 10.8. The normalized spacial score (nSPS) is 11.7. The Morgan fingerprint density at radius 2 is 1.09 bits per heavy atom. The van der Waals surface area contributed by atoms with Crippen LogP contribution in [0.3, 0.4) is 0 Å². The van der Waals surface area contributed by atoms with E-state index in [1.807, 2.05) is 109 Å². The fourth-order valence-corrected chi connectivity index (χ4v) is 5.73. The number of nitrogens with one attached hydrogen (secondary N) is 1. The zero-order valence-corrected chi connectivity index (χ0v) is 25.4. The molecule has 0 spiro atoms. The Hall–Kier alpha value is -5.78. The van der Waals surface area contributed by atoms with Gasteiger partial charge in [0.25, 0.3) is 5.91 Å². The maximum atomic E-state index is 13.5. The predicted molar refractivity (Wildman–Crippen MR) is 182 cm³/mol. The van der Waals surface area contributed by atoms with E-state index in [1.165, 1.54) is 0 Å². The van der Waals surface area contributed by atoms with E-state index >= 15 is 0 Å². The molecular weight excluding hydrogens is 613 g/mol. The molecule has 1 amide bonds. The molecule has 7 heteroatoms. The number of rotatable bonds is 4. The van der Waals surface area contributed by atoms with Crippen LogP contribution < -0.4 is 15.3 Å². The van der Waals surface area contributed by atoms with Gasteiger partial charge < -0.3 is 15.3 Å². The number of nitrogens with zero attached hydrogens (tertiary/aromatic N) is 4. The largest absolute Gasteiger partial charge is 2.00 e. The van der Waals surface area contributed by atoms with Gasteiger partial charge in [-0.2, -0.15) is 0 Å². The van der Waals surface area contributed by atoms with Gasteiger partial charge >= 0.3 is 16.5 Å². The molecule has 0 saturated heterocycles. The molecule has 8 bridgehead atoms. The van der Waals surface area contributed by atoms with Gasteiger partial charge in [0.15, 0.2) is 0 Å². The van der Waals surface area contributed by atoms with Gasteiger partial charge in [-0.25, -0.2) is 9.97 Å². The molecule has 0 atom stereocenters. The predicted octanol–water partition coefficient (Wildman–Crippen LogP) is 8.50. The van der Waals surface area contributed by atoms with Crippen molar-refractivity contribution in [2.45, 2.75) is 0 Å². The Bertz CT molecular complexity index is 2270. The summed E-state index contributed by atoms with van der Waals surface area (Å²) in [6.07, 6.45) is 7.91. The van der Waals surface area contributed by atoms with Gasteiger partial charge in [0, 0.05) is 5.56 Å². The Morgan fingerprint density at radius 1 is 0.543 bits per heavy atom. The number of fused-ring (bicyclic) bond motifs is 8. The molecular formula is C39H25N5NiO. The third-order valence-corrected chi connectivity index (χ3v) is 7.84. The topological polar surface area (TPSA) is 83.1 Å². The van der Waals surface area contributed by atoms with E-state index in [4.69, 9.17) is 19.9 Å². The molecule has 5 heterocycles. The van der Waals surface area contributed by atoms with Crippen LogP contribution in [0.4, 0.5) is 5.69 Å². The SMILES string of the molecule is O=C(Nc1c2nc(c(-c3ccccc3)c3ccc(cc4nc(c(-c5ccccc5)c5ccc1[n-]5)C=C4)[n-]3)C=C2)c1ccccc1.[Ni+2]. The van der Waals surface area contributed by atoms with Crippen LogP contribution in [0, 0.1) is 0 Å². The quantitative estimate of drug-likeness (QED) is 0.196. The fraction of sp³-hybridized carbons (Fsp3) is 0. The minimum Gasteiger partial charge on any atom is -0.657 e. The summed E-state index contributed by atoms with van der Waals surface area (Å²) >= 11 is 0. The van der Waals surface area contributed by atoms with Gasteiger partial charge in [-0.05, 0) is 58.7 Å². The van der Waals surface area contributed by atoms with E-state index in [2.05, 4.69) is 29.6 Å². The smallest absolute Gasteiger partial charge is 0.657 e. The maximum absolute atomic E-state index is 13.5. The number of carbonyl (C=O) groups excluding carboxylic acids is 1. The molecule has 0 fully saturated rings. The van der Waals surface area contributed by atoms with Crippen LogP contribution in [0.25, 0.3) is 68.6 Å². The van der Waals surface area contributed by atoms with Crippen LogP contribution in [0.2, 0.25) is 0 Å². The van der Waals surface area contributed by atoms with E-state index in [0.29, 0.717) is 22.5 Å². The number of benzene rings is 3. The summed E-state index contributed by atoms with van der Waals surface area (Å²) in [6, 6.07) is 39.3. The molecule has 46 heavy (non-hydrogen) atoms. The molecule has 0 saturated carbocycles. The average molecular weight is 638 g/mol. The molecule has 0 aliphatic carbocycles. The van der Waals surface area contributed by atoms with Crippen LogP contribution >= 0.6 is 0 Å². The zero-order chi connectivity index (χ0) is 30.2. The minimum atomic E-state index is -0.242. The van der Waals surface area contributed by atoms with E-state index in [0.717, 1.165) is 55.9 Å². The van der Waals surface area contributed by atoms with Crippen molar-refractivity contribution >= 4 is 58.0 Å². The van der Waals surface area contributed by atoms with Crippen LogP contribution in [0.1, 0.15) is 33.1 Å². The maximum Gasteiger partial charge on any atom is 2.00 e. The molecule has 1 N–H and O–H groups in total. The molecule has 0 unspecified atom stereocenters. The van der Waals surface area contributed by atoms with Gasteiger partial charge in [-0.3, -0.25) is 4.79 Å². The first-order chi connectivity index (χ1) is 22.2. The Labute approximate surface area is 275 Å². The van der Waals surface area contributed by atoms with Gasteiger partial charge in [0.2, 0.25) is 0 Å². The number of carbonyl (C=O) groups is 1. The summed E-state index contributed by atoms with van der Waals surface area (Å²) in [5, 5.41) is 3.14. The Kier molecular flexibility index (Phi) is 7.75. The Balaban J connectivity index is 0.00000338. The number of hydrogen-bond acceptors (Lipinski definition) is 3. The minimum absolute atomic E-state index is 0. The summed E-state index contributed by atoms with van der Waals surface area (Å²) in [4.78, 5) is 33.7. The van der Waals surface area contributed by atoms with Crippen molar-refractivity contribution in [1.29, 1.82) is 0 Å². The molecule has 0 radical (unpaired) electrons. The van der Waals surface area contributed by atoms with Crippen LogP contribution in [-0.4, -0.2) is 15.9 Å². The average Bonchev–Trinajstić information content (AvgIpc) is 3.91. The summed E-state index contributed by atoms with van der Waals surface area (Å²) in [6.45, 7) is 0. The number of hydrogen-bond donors (Lipinski definition) is 1. The van der Waals surface area contributed by atoms with Crippen molar-refractivity contribution in [3.8, 4) is 22.3 Å². The van der Waals surface area contributed by atoms with Gasteiger partial charge in [-0.15, -0.1) is 22.1 Å². The molecule has 2 aliphatic heterocycles. The van der Waals surface area contributed by atoms with Gasteiger partial charge in [0.1, 0.15) is 0 Å². The van der Waals surface area contributed by atoms with Crippen molar-refractivity contribution in [2.75, 3.05) is 5.32 Å². The molecule has 8 rings (SSSR count). The molecule has 3 aromatic carbocycles. The Morgan fingerprint density at radius 3 is 1.78 bits per heavy atom. The summed E-state index contributed by atoms with van der Waals surface area (Å²) in [5.74, 6) is -0.242. The standard InChI is InChI=1S/C39H26N5O.Ni/c45-39(27-14-8-3-9-15-27)44-38-34-22-20-32(42-34)36(25-10-4-1-5-11-25)30-18-16-28(40-30)24-29-17-19-31(41-29)37(26-12-6-2-7-13-26)33-21-23-35(38)43-33;/h1-24H,(H2-,40,41,42,43,44,45);/q-1;+2/p-1. The van der Waals surface area contributed by atoms with E-state index in [-0.39, 0.29) is 22.4 Å². The molecule has 222 valence electrons. The second kappa shape index (κ2) is 12.3. The van der Waals surface area contributed by atoms with Crippen molar-refractivity contribution in [1.82, 2.24) is 19.9 Å². The van der Waals surface area contributed by atoms with Crippen molar-refractivity contribution < 1.29 is 21.3 Å². The van der Waals surface area contributed by atoms with Gasteiger partial charge in [0.05, 0.1) is 28.5 Å². The third-order valence-electron chi connectivity index (χ3n) is 7.84. The van der Waals surface area contributed by atoms with Crippen LogP contribution in [0.5, 0.6) is 0 Å². The summed E-state index contributed by atoms with van der Waals surface area (Å²) in [5.41, 5.74) is 10.8. The first-order valence-corrected chi connectivity index (χ1v) is 14.7. The molecule has 6 nitrogen and oxygen atoms in total. The van der Waals surface area contributed by atoms with Crippen molar-refractivity contribution in [3.05, 3.63) is 150 Å². The zero-order valence-electron chi connectivity index (χ0n) is 24.4.